The molecule has 0 aromatic carbocycles. The lowest BCUT2D eigenvalue weighted by atomic mass is 9.66. The predicted octanol–water partition coefficient (Wildman–Crippen LogP) is 5.28. The summed E-state index contributed by atoms with van der Waals surface area (Å²) in [6, 6.07) is 0. The summed E-state index contributed by atoms with van der Waals surface area (Å²) in [6.07, 6.45) is 12.1. The van der Waals surface area contributed by atoms with Crippen LogP contribution < -0.4 is 0 Å². The minimum Gasteiger partial charge on any atom is -0.0651 e. The Morgan fingerprint density at radius 2 is 1.38 bits per heavy atom. The third-order valence-corrected chi connectivity index (χ3v) is 5.77. The topological polar surface area (TPSA) is 0 Å². The minimum absolute atomic E-state index is 0.989. The van der Waals surface area contributed by atoms with Gasteiger partial charge < -0.3 is 0 Å². The van der Waals surface area contributed by atoms with Crippen molar-refractivity contribution in [1.82, 2.24) is 0 Å². The van der Waals surface area contributed by atoms with Crippen LogP contribution >= 0.6 is 0 Å². The van der Waals surface area contributed by atoms with Crippen molar-refractivity contribution in [2.24, 2.45) is 29.6 Å². The Labute approximate surface area is 102 Å². The monoisotopic (exact) mass is 222 g/mol. The number of hydrogen-bond donors (Lipinski definition) is 0. The van der Waals surface area contributed by atoms with Crippen LogP contribution in [-0.4, -0.2) is 0 Å². The Balaban J connectivity index is 1.81. The van der Waals surface area contributed by atoms with Gasteiger partial charge in [0.2, 0.25) is 0 Å². The molecule has 0 heteroatoms. The minimum atomic E-state index is 0.989. The van der Waals surface area contributed by atoms with E-state index in [1.807, 2.05) is 0 Å². The maximum absolute atomic E-state index is 2.48. The molecular weight excluding hydrogens is 192 g/mol. The first-order chi connectivity index (χ1) is 7.70. The molecule has 3 unspecified atom stereocenters. The largest absolute Gasteiger partial charge is 0.0651 e. The van der Waals surface area contributed by atoms with E-state index in [0.29, 0.717) is 0 Å². The first-order valence-corrected chi connectivity index (χ1v) is 7.70. The van der Waals surface area contributed by atoms with Crippen LogP contribution in [0.15, 0.2) is 0 Å². The lowest BCUT2D eigenvalue weighted by molar-refractivity contribution is 0.116. The highest BCUT2D eigenvalue weighted by Crippen LogP contribution is 2.43. The molecule has 0 aromatic rings. The van der Waals surface area contributed by atoms with Crippen LogP contribution in [-0.2, 0) is 0 Å². The van der Waals surface area contributed by atoms with Crippen LogP contribution in [0.5, 0.6) is 0 Å². The fourth-order valence-corrected chi connectivity index (χ4v) is 4.09. The molecule has 2 fully saturated rings. The summed E-state index contributed by atoms with van der Waals surface area (Å²) >= 11 is 0. The molecule has 0 aromatic heterocycles. The van der Waals surface area contributed by atoms with Crippen molar-refractivity contribution in [2.75, 3.05) is 0 Å². The van der Waals surface area contributed by atoms with Gasteiger partial charge in [-0.3, -0.25) is 0 Å². The van der Waals surface area contributed by atoms with E-state index in [9.17, 15) is 0 Å². The second kappa shape index (κ2) is 5.56. The van der Waals surface area contributed by atoms with Crippen LogP contribution in [0.25, 0.3) is 0 Å². The summed E-state index contributed by atoms with van der Waals surface area (Å²) in [5.74, 6) is 5.23. The Morgan fingerprint density at radius 3 is 1.94 bits per heavy atom. The SMILES string of the molecule is CCC1CCC(C2CCC(C)C(C)C2)CC1. The van der Waals surface area contributed by atoms with Gasteiger partial charge in [-0.2, -0.15) is 0 Å². The molecule has 0 N–H and O–H groups in total. The maximum Gasteiger partial charge on any atom is -0.0383 e. The van der Waals surface area contributed by atoms with Gasteiger partial charge in [-0.25, -0.2) is 0 Å². The van der Waals surface area contributed by atoms with Gasteiger partial charge >= 0.3 is 0 Å². The Bertz CT molecular complexity index is 200. The fourth-order valence-electron chi connectivity index (χ4n) is 4.09. The van der Waals surface area contributed by atoms with E-state index in [4.69, 9.17) is 0 Å². The quantitative estimate of drug-likeness (QED) is 0.596. The van der Waals surface area contributed by atoms with Gasteiger partial charge in [-0.15, -0.1) is 0 Å². The molecular formula is C16H30. The molecule has 0 bridgehead atoms. The zero-order valence-electron chi connectivity index (χ0n) is 11.5. The van der Waals surface area contributed by atoms with Gasteiger partial charge in [0.1, 0.15) is 0 Å². The maximum atomic E-state index is 2.48. The Kier molecular flexibility index (Phi) is 4.33. The van der Waals surface area contributed by atoms with Crippen LogP contribution in [0.3, 0.4) is 0 Å². The Morgan fingerprint density at radius 1 is 0.750 bits per heavy atom. The van der Waals surface area contributed by atoms with Crippen molar-refractivity contribution in [3.05, 3.63) is 0 Å². The average Bonchev–Trinajstić information content (AvgIpc) is 2.33. The van der Waals surface area contributed by atoms with Crippen LogP contribution in [0.4, 0.5) is 0 Å². The second-order valence-electron chi connectivity index (χ2n) is 6.72. The molecule has 2 rings (SSSR count). The summed E-state index contributed by atoms with van der Waals surface area (Å²) in [5, 5.41) is 0. The van der Waals surface area contributed by atoms with Gasteiger partial charge in [-0.05, 0) is 55.3 Å². The lowest BCUT2D eigenvalue weighted by Crippen LogP contribution is -2.28. The van der Waals surface area contributed by atoms with E-state index in [0.717, 1.165) is 29.6 Å². The first-order valence-electron chi connectivity index (χ1n) is 7.70. The van der Waals surface area contributed by atoms with Gasteiger partial charge in [0.05, 0.1) is 0 Å². The molecule has 3 atom stereocenters. The average molecular weight is 222 g/mol. The molecule has 0 nitrogen and oxygen atoms in total. The molecule has 2 aliphatic carbocycles. The molecule has 2 aliphatic rings. The van der Waals surface area contributed by atoms with E-state index in [-0.39, 0.29) is 0 Å². The summed E-state index contributed by atoms with van der Waals surface area (Å²) < 4.78 is 0. The van der Waals surface area contributed by atoms with Gasteiger partial charge in [0.15, 0.2) is 0 Å². The van der Waals surface area contributed by atoms with Gasteiger partial charge in [0.25, 0.3) is 0 Å². The summed E-state index contributed by atoms with van der Waals surface area (Å²) in [4.78, 5) is 0. The van der Waals surface area contributed by atoms with E-state index in [2.05, 4.69) is 20.8 Å². The van der Waals surface area contributed by atoms with Gasteiger partial charge in [0, 0.05) is 0 Å². The standard InChI is InChI=1S/C16H30/c1-4-14-6-9-15(10-7-14)16-8-5-12(2)13(3)11-16/h12-16H,4-11H2,1-3H3. The molecule has 0 saturated heterocycles. The second-order valence-corrected chi connectivity index (χ2v) is 6.72. The van der Waals surface area contributed by atoms with Crippen LogP contribution in [0, 0.1) is 29.6 Å². The lowest BCUT2D eigenvalue weighted by Gasteiger charge is -2.39. The van der Waals surface area contributed by atoms with Crippen LogP contribution in [0.2, 0.25) is 0 Å². The third kappa shape index (κ3) is 2.81. The molecule has 2 saturated carbocycles. The molecule has 0 radical (unpaired) electrons. The third-order valence-electron chi connectivity index (χ3n) is 5.77. The summed E-state index contributed by atoms with van der Waals surface area (Å²) in [6.45, 7) is 7.30. The van der Waals surface area contributed by atoms with Crippen molar-refractivity contribution >= 4 is 0 Å². The van der Waals surface area contributed by atoms with Crippen molar-refractivity contribution in [3.8, 4) is 0 Å². The smallest absolute Gasteiger partial charge is 0.0383 e. The van der Waals surface area contributed by atoms with Crippen molar-refractivity contribution in [2.45, 2.75) is 72.1 Å². The van der Waals surface area contributed by atoms with E-state index >= 15 is 0 Å². The fraction of sp³-hybridized carbons (Fsp3) is 1.00. The molecule has 0 aliphatic heterocycles. The van der Waals surface area contributed by atoms with Crippen molar-refractivity contribution in [1.29, 1.82) is 0 Å². The number of rotatable bonds is 2. The molecule has 0 heterocycles. The molecule has 16 heavy (non-hydrogen) atoms. The summed E-state index contributed by atoms with van der Waals surface area (Å²) in [7, 11) is 0. The first kappa shape index (κ1) is 12.5. The number of hydrogen-bond acceptors (Lipinski definition) is 0. The molecule has 0 amide bonds. The van der Waals surface area contributed by atoms with Crippen molar-refractivity contribution < 1.29 is 0 Å². The molecule has 94 valence electrons. The zero-order valence-corrected chi connectivity index (χ0v) is 11.5. The predicted molar refractivity (Wildman–Crippen MR) is 71.4 cm³/mol. The normalized spacial score (nSPS) is 45.6. The molecule has 0 spiro atoms. The van der Waals surface area contributed by atoms with Crippen molar-refractivity contribution in [3.63, 3.8) is 0 Å². The van der Waals surface area contributed by atoms with E-state index < -0.39 is 0 Å². The highest BCUT2D eigenvalue weighted by molar-refractivity contribution is 4.83. The summed E-state index contributed by atoms with van der Waals surface area (Å²) in [5.41, 5.74) is 0. The van der Waals surface area contributed by atoms with Crippen LogP contribution in [0.1, 0.15) is 72.1 Å². The highest BCUT2D eigenvalue weighted by atomic mass is 14.4. The van der Waals surface area contributed by atoms with Gasteiger partial charge in [-0.1, -0.05) is 46.5 Å². The zero-order chi connectivity index (χ0) is 11.5. The Hall–Kier alpha value is 0. The van der Waals surface area contributed by atoms with E-state index in [1.54, 1.807) is 12.8 Å². The highest BCUT2D eigenvalue weighted by Gasteiger charge is 2.32. The van der Waals surface area contributed by atoms with E-state index in [1.165, 1.54) is 38.5 Å².